The molecular weight excluding hydrogens is 472 g/mol. The Balaban J connectivity index is 1.55. The van der Waals surface area contributed by atoms with Gasteiger partial charge in [-0.25, -0.2) is 4.79 Å². The summed E-state index contributed by atoms with van der Waals surface area (Å²) in [7, 11) is 0. The molecule has 0 radical (unpaired) electrons. The molecule has 36 heavy (non-hydrogen) atoms. The maximum absolute atomic E-state index is 13.6. The molecule has 9 atom stereocenters. The molecule has 2 aliphatic heterocycles. The first-order valence-electron chi connectivity index (χ1n) is 12.7. The number of allylic oxidation sites excluding steroid dienone is 1. The first kappa shape index (κ1) is 27.2. The Labute approximate surface area is 210 Å². The highest BCUT2D eigenvalue weighted by Gasteiger charge is 2.58. The molecule has 0 aromatic rings. The van der Waals surface area contributed by atoms with Crippen LogP contribution in [0.2, 0.25) is 0 Å². The number of esters is 2. The fourth-order valence-electron chi connectivity index (χ4n) is 6.93. The molecule has 2 aliphatic carbocycles. The number of aliphatic hydroxyl groups excluding tert-OH is 5. The maximum Gasteiger partial charge on any atom is 0.334 e. The minimum Gasteiger partial charge on any atom is -0.458 e. The van der Waals surface area contributed by atoms with Gasteiger partial charge in [0.15, 0.2) is 0 Å². The van der Waals surface area contributed by atoms with E-state index in [4.69, 9.17) is 14.2 Å². The Bertz CT molecular complexity index is 912. The maximum atomic E-state index is 13.6. The molecular formula is C26H38O10. The lowest BCUT2D eigenvalue weighted by Crippen LogP contribution is -2.61. The van der Waals surface area contributed by atoms with Gasteiger partial charge in [-0.15, -0.1) is 0 Å². The molecule has 4 aliphatic rings. The quantitative estimate of drug-likeness (QED) is 0.238. The number of fused-ring (bicyclic) bond motifs is 1. The number of carbonyl (C=O) groups is 2. The number of rotatable bonds is 7. The van der Waals surface area contributed by atoms with Crippen molar-refractivity contribution in [3.8, 4) is 0 Å². The van der Waals surface area contributed by atoms with Crippen LogP contribution in [0.1, 0.15) is 52.4 Å². The second-order valence-corrected chi connectivity index (χ2v) is 11.0. The van der Waals surface area contributed by atoms with Gasteiger partial charge in [-0.2, -0.15) is 0 Å². The molecule has 0 aromatic heterocycles. The summed E-state index contributed by atoms with van der Waals surface area (Å²) in [6, 6.07) is 0. The number of hydrogen-bond donors (Lipinski definition) is 5. The van der Waals surface area contributed by atoms with Crippen molar-refractivity contribution in [2.45, 2.75) is 83.1 Å². The van der Waals surface area contributed by atoms with Crippen LogP contribution in [0, 0.1) is 22.7 Å². The Morgan fingerprint density at radius 1 is 1.11 bits per heavy atom. The molecule has 202 valence electrons. The number of carbonyl (C=O) groups excluding carboxylic acids is 2. The van der Waals surface area contributed by atoms with Crippen LogP contribution in [0.25, 0.3) is 0 Å². The molecule has 0 bridgehead atoms. The molecule has 4 rings (SSSR count). The topological polar surface area (TPSA) is 163 Å². The molecule has 1 saturated carbocycles. The van der Waals surface area contributed by atoms with Crippen LogP contribution < -0.4 is 0 Å². The van der Waals surface area contributed by atoms with Crippen molar-refractivity contribution in [2.75, 3.05) is 19.8 Å². The van der Waals surface area contributed by atoms with Crippen LogP contribution in [0.3, 0.4) is 0 Å². The van der Waals surface area contributed by atoms with E-state index in [2.05, 4.69) is 6.92 Å². The van der Waals surface area contributed by atoms with Crippen molar-refractivity contribution in [2.24, 2.45) is 22.7 Å². The number of cyclic esters (lactones) is 1. The fraction of sp³-hybridized carbons (Fsp3) is 0.769. The van der Waals surface area contributed by atoms with E-state index in [0.29, 0.717) is 31.3 Å². The van der Waals surface area contributed by atoms with Gasteiger partial charge in [0, 0.05) is 5.57 Å². The smallest absolute Gasteiger partial charge is 0.334 e. The predicted octanol–water partition coefficient (Wildman–Crippen LogP) is 0.344. The van der Waals surface area contributed by atoms with Gasteiger partial charge in [0.25, 0.3) is 0 Å². The van der Waals surface area contributed by atoms with Crippen LogP contribution >= 0.6 is 0 Å². The number of aliphatic hydroxyl groups is 5. The molecule has 0 aromatic carbocycles. The lowest BCUT2D eigenvalue weighted by molar-refractivity contribution is -0.297. The summed E-state index contributed by atoms with van der Waals surface area (Å²) in [5.41, 5.74) is 0.260. The summed E-state index contributed by atoms with van der Waals surface area (Å²) >= 11 is 0. The van der Waals surface area contributed by atoms with Crippen molar-refractivity contribution in [1.29, 1.82) is 0 Å². The van der Waals surface area contributed by atoms with E-state index < -0.39 is 48.7 Å². The normalized spacial score (nSPS) is 42.8. The van der Waals surface area contributed by atoms with E-state index in [0.717, 1.165) is 18.4 Å². The SMILES string of the molecule is C[C@]12CCC[C@](C)(C(=O)O[C@@H]3O[C@H](CO)[C@@H](O)[C@H](O)[C@H]3O)[C@@H]1CC=C(CO)[C@@H]2CCC1=CCOC1=O. The summed E-state index contributed by atoms with van der Waals surface area (Å²) in [4.78, 5) is 25.6. The minimum absolute atomic E-state index is 0.0461. The summed E-state index contributed by atoms with van der Waals surface area (Å²) in [6.07, 6.45) is 0.101. The van der Waals surface area contributed by atoms with Crippen molar-refractivity contribution in [3.05, 3.63) is 23.3 Å². The van der Waals surface area contributed by atoms with Gasteiger partial charge in [-0.1, -0.05) is 19.4 Å². The molecule has 10 nitrogen and oxygen atoms in total. The third-order valence-electron chi connectivity index (χ3n) is 9.07. The molecule has 5 N–H and O–H groups in total. The molecule has 10 heteroatoms. The Hall–Kier alpha value is -1.82. The summed E-state index contributed by atoms with van der Waals surface area (Å²) in [5.74, 6) is -1.07. The van der Waals surface area contributed by atoms with Gasteiger partial charge in [0.05, 0.1) is 18.6 Å². The van der Waals surface area contributed by atoms with Crippen molar-refractivity contribution in [3.63, 3.8) is 0 Å². The molecule has 0 amide bonds. The van der Waals surface area contributed by atoms with E-state index in [1.54, 1.807) is 6.08 Å². The summed E-state index contributed by atoms with van der Waals surface area (Å²) in [5, 5.41) is 50.0. The van der Waals surface area contributed by atoms with E-state index in [-0.39, 0.29) is 36.4 Å². The highest BCUT2D eigenvalue weighted by atomic mass is 16.7. The van der Waals surface area contributed by atoms with E-state index in [1.165, 1.54) is 0 Å². The number of ether oxygens (including phenoxy) is 3. The highest BCUT2D eigenvalue weighted by molar-refractivity contribution is 5.90. The first-order valence-corrected chi connectivity index (χ1v) is 12.7. The summed E-state index contributed by atoms with van der Waals surface area (Å²) in [6.45, 7) is 3.54. The van der Waals surface area contributed by atoms with Gasteiger partial charge in [-0.3, -0.25) is 4.79 Å². The first-order chi connectivity index (χ1) is 17.1. The number of hydrogen-bond acceptors (Lipinski definition) is 10. The fourth-order valence-corrected chi connectivity index (χ4v) is 6.93. The lowest BCUT2D eigenvalue weighted by Gasteiger charge is -2.57. The van der Waals surface area contributed by atoms with Crippen LogP contribution in [0.15, 0.2) is 23.3 Å². The van der Waals surface area contributed by atoms with Crippen LogP contribution in [0.4, 0.5) is 0 Å². The Morgan fingerprint density at radius 2 is 1.86 bits per heavy atom. The van der Waals surface area contributed by atoms with E-state index >= 15 is 0 Å². The van der Waals surface area contributed by atoms with Gasteiger partial charge < -0.3 is 39.7 Å². The molecule has 2 fully saturated rings. The third kappa shape index (κ3) is 4.63. The standard InChI is InChI=1S/C26H38O10/c1-25-9-3-10-26(2,24(33)36-23-21(31)20(30)19(29)17(13-28)35-23)18(25)7-5-15(12-27)16(25)6-4-14-8-11-34-22(14)32/h5,8,16-21,23,27-31H,3-4,6-7,9-13H2,1-2H3/t16-,17+,18+,19+,20-,21+,23-,25+,26-/m0/s1. The van der Waals surface area contributed by atoms with Gasteiger partial charge in [0.1, 0.15) is 31.0 Å². The minimum atomic E-state index is -1.66. The van der Waals surface area contributed by atoms with Crippen molar-refractivity contribution < 1.29 is 49.3 Å². The summed E-state index contributed by atoms with van der Waals surface area (Å²) < 4.78 is 16.0. The molecule has 0 unspecified atom stereocenters. The monoisotopic (exact) mass is 510 g/mol. The lowest BCUT2D eigenvalue weighted by atomic mass is 9.47. The second-order valence-electron chi connectivity index (χ2n) is 11.0. The predicted molar refractivity (Wildman–Crippen MR) is 125 cm³/mol. The van der Waals surface area contributed by atoms with Gasteiger partial charge in [-0.05, 0) is 67.9 Å². The van der Waals surface area contributed by atoms with Crippen molar-refractivity contribution >= 4 is 11.9 Å². The molecule has 2 heterocycles. The van der Waals surface area contributed by atoms with E-state index in [1.807, 2.05) is 13.0 Å². The van der Waals surface area contributed by atoms with Crippen LogP contribution in [0.5, 0.6) is 0 Å². The van der Waals surface area contributed by atoms with Gasteiger partial charge in [0.2, 0.25) is 6.29 Å². The van der Waals surface area contributed by atoms with Crippen LogP contribution in [-0.4, -0.2) is 88.0 Å². The Morgan fingerprint density at radius 3 is 2.50 bits per heavy atom. The van der Waals surface area contributed by atoms with Gasteiger partial charge >= 0.3 is 11.9 Å². The third-order valence-corrected chi connectivity index (χ3v) is 9.07. The van der Waals surface area contributed by atoms with Crippen LogP contribution in [-0.2, 0) is 23.8 Å². The molecule has 0 spiro atoms. The zero-order chi connectivity index (χ0) is 26.3. The zero-order valence-corrected chi connectivity index (χ0v) is 20.8. The molecule has 1 saturated heterocycles. The average molecular weight is 511 g/mol. The average Bonchev–Trinajstić information content (AvgIpc) is 3.27. The van der Waals surface area contributed by atoms with Crippen molar-refractivity contribution in [1.82, 2.24) is 0 Å². The Kier molecular flexibility index (Phi) is 7.95. The largest absolute Gasteiger partial charge is 0.458 e. The second kappa shape index (κ2) is 10.5. The van der Waals surface area contributed by atoms with E-state index in [9.17, 15) is 35.1 Å². The highest BCUT2D eigenvalue weighted by Crippen LogP contribution is 2.61. The zero-order valence-electron chi connectivity index (χ0n) is 20.8.